The number of aromatic nitrogens is 3. The molecule has 0 aliphatic carbocycles. The van der Waals surface area contributed by atoms with E-state index in [9.17, 15) is 5.11 Å². The minimum Gasteiger partial charge on any atom is -0.507 e. The fraction of sp³-hybridized carbons (Fsp3) is 0.250. The number of benzene rings is 6. The molecule has 5 heteroatoms. The number of phenolic OH excluding ortho intramolecular Hbond substituents is 1. The third-order valence-electron chi connectivity index (χ3n) is 11.7. The second kappa shape index (κ2) is 16.4. The Hall–Kier alpha value is -5.57. The van der Waals surface area contributed by atoms with E-state index in [0.717, 1.165) is 61.4 Å². The van der Waals surface area contributed by atoms with Gasteiger partial charge in [-0.2, -0.15) is 0 Å². The number of fused-ring (bicyclic) bond motifs is 1. The molecule has 0 saturated heterocycles. The van der Waals surface area contributed by atoms with Gasteiger partial charge in [-0.25, -0.2) is 4.98 Å². The van der Waals surface area contributed by atoms with Gasteiger partial charge in [0.15, 0.2) is 0 Å². The van der Waals surface area contributed by atoms with Gasteiger partial charge in [0.25, 0.3) is 0 Å². The smallest absolute Gasteiger partial charge is 0.148 e. The zero-order valence-electron chi connectivity index (χ0n) is 37.3. The van der Waals surface area contributed by atoms with Crippen LogP contribution in [0.1, 0.15) is 90.1 Å². The van der Waals surface area contributed by atoms with E-state index in [-0.39, 0.29) is 43.1 Å². The number of hydrogen-bond donors (Lipinski definition) is 1. The van der Waals surface area contributed by atoms with E-state index in [1.165, 1.54) is 27.8 Å². The van der Waals surface area contributed by atoms with Crippen LogP contribution in [-0.4, -0.2) is 19.6 Å². The van der Waals surface area contributed by atoms with Crippen molar-refractivity contribution in [1.82, 2.24) is 14.5 Å². The first kappa shape index (κ1) is 43.5. The first-order chi connectivity index (χ1) is 28.4. The molecular formula is C56H56N3OPt-. The molecule has 2 aromatic heterocycles. The van der Waals surface area contributed by atoms with Gasteiger partial charge in [0.05, 0.1) is 16.6 Å². The minimum absolute atomic E-state index is 0. The maximum absolute atomic E-state index is 11.7. The third kappa shape index (κ3) is 8.66. The van der Waals surface area contributed by atoms with Crippen molar-refractivity contribution in [2.75, 3.05) is 0 Å². The van der Waals surface area contributed by atoms with Gasteiger partial charge < -0.3 is 5.11 Å². The topological polar surface area (TPSA) is 50.9 Å². The quantitative estimate of drug-likeness (QED) is 0.169. The van der Waals surface area contributed by atoms with Crippen LogP contribution in [0.4, 0.5) is 0 Å². The first-order valence-electron chi connectivity index (χ1n) is 21.0. The van der Waals surface area contributed by atoms with E-state index in [1.54, 1.807) is 0 Å². The van der Waals surface area contributed by atoms with E-state index in [4.69, 9.17) is 9.97 Å². The molecule has 0 atom stereocenters. The van der Waals surface area contributed by atoms with Crippen molar-refractivity contribution in [3.63, 3.8) is 0 Å². The number of pyridine rings is 1. The van der Waals surface area contributed by atoms with E-state index in [1.807, 2.05) is 25.3 Å². The van der Waals surface area contributed by atoms with Crippen molar-refractivity contribution in [2.24, 2.45) is 0 Å². The molecule has 1 N–H and O–H groups in total. The van der Waals surface area contributed by atoms with E-state index >= 15 is 0 Å². The molecule has 4 nitrogen and oxygen atoms in total. The Morgan fingerprint density at radius 1 is 0.557 bits per heavy atom. The summed E-state index contributed by atoms with van der Waals surface area (Å²) in [5, 5.41) is 11.7. The molecule has 0 spiro atoms. The van der Waals surface area contributed by atoms with Crippen molar-refractivity contribution in [3.8, 4) is 67.5 Å². The number of hydrogen-bond acceptors (Lipinski definition) is 3. The Morgan fingerprint density at radius 2 is 1.25 bits per heavy atom. The molecule has 0 unspecified atom stereocenters. The van der Waals surface area contributed by atoms with Gasteiger partial charge in [0.1, 0.15) is 11.6 Å². The molecule has 61 heavy (non-hydrogen) atoms. The van der Waals surface area contributed by atoms with Gasteiger partial charge in [0, 0.05) is 38.6 Å². The van der Waals surface area contributed by atoms with Crippen LogP contribution in [0.15, 0.2) is 134 Å². The molecule has 8 rings (SSSR count). The summed E-state index contributed by atoms with van der Waals surface area (Å²) in [5.41, 5.74) is 17.2. The fourth-order valence-corrected chi connectivity index (χ4v) is 8.26. The fourth-order valence-electron chi connectivity index (χ4n) is 8.26. The summed E-state index contributed by atoms with van der Waals surface area (Å²) in [7, 11) is 0. The average molecular weight is 982 g/mol. The normalized spacial score (nSPS) is 12.1. The number of para-hydroxylation sites is 1. The number of rotatable bonds is 6. The van der Waals surface area contributed by atoms with Crippen LogP contribution >= 0.6 is 0 Å². The standard InChI is InChI=1S/C56H56N3O.Pt/c1-35-28-36(2)52(60)47(29-35)53-58-51-46(18-15-19-50(51)59(53)44-24-25-45(38-16-13-12-14-17-38)48(34-44)56(9,10)11)40-30-41(32-43(31-40)55(6,7)8)49-33-39(26-27-57-49)37-20-22-42(23-21-37)54(3,4)5;/h12-29,31-34,60H,1-11H3;/q-1;. The number of imidazole rings is 1. The molecule has 312 valence electrons. The van der Waals surface area contributed by atoms with Crippen LogP contribution in [0, 0.1) is 19.9 Å². The predicted molar refractivity (Wildman–Crippen MR) is 252 cm³/mol. The largest absolute Gasteiger partial charge is 0.507 e. The van der Waals surface area contributed by atoms with Crippen LogP contribution < -0.4 is 0 Å². The number of aromatic hydroxyl groups is 1. The number of nitrogens with zero attached hydrogens (tertiary/aromatic N) is 3. The Kier molecular flexibility index (Phi) is 11.7. The van der Waals surface area contributed by atoms with E-state index < -0.39 is 0 Å². The Labute approximate surface area is 377 Å². The van der Waals surface area contributed by atoms with Gasteiger partial charge in [-0.05, 0) is 105 Å². The summed E-state index contributed by atoms with van der Waals surface area (Å²) >= 11 is 0. The van der Waals surface area contributed by atoms with Gasteiger partial charge in [-0.1, -0.05) is 158 Å². The summed E-state index contributed by atoms with van der Waals surface area (Å²) in [5.74, 6) is 0.923. The molecular weight excluding hydrogens is 926 g/mol. The van der Waals surface area contributed by atoms with Gasteiger partial charge in [-0.15, -0.1) is 29.3 Å². The monoisotopic (exact) mass is 981 g/mol. The molecule has 0 saturated carbocycles. The molecule has 0 amide bonds. The molecule has 0 aliphatic rings. The summed E-state index contributed by atoms with van der Waals surface area (Å²) in [6.45, 7) is 24.3. The Morgan fingerprint density at radius 3 is 1.92 bits per heavy atom. The maximum atomic E-state index is 11.7. The second-order valence-corrected chi connectivity index (χ2v) is 19.5. The van der Waals surface area contributed by atoms with Crippen LogP contribution in [0.5, 0.6) is 5.75 Å². The van der Waals surface area contributed by atoms with Crippen molar-refractivity contribution in [3.05, 3.63) is 167 Å². The number of aryl methyl sites for hydroxylation is 2. The summed E-state index contributed by atoms with van der Waals surface area (Å²) in [4.78, 5) is 10.4. The molecule has 2 heterocycles. The van der Waals surface area contributed by atoms with Gasteiger partial charge >= 0.3 is 0 Å². The van der Waals surface area contributed by atoms with E-state index in [0.29, 0.717) is 11.4 Å². The zero-order chi connectivity index (χ0) is 42.7. The number of phenols is 1. The van der Waals surface area contributed by atoms with Gasteiger partial charge in [-0.3, -0.25) is 9.55 Å². The van der Waals surface area contributed by atoms with Crippen LogP contribution in [0.2, 0.25) is 0 Å². The van der Waals surface area contributed by atoms with Gasteiger partial charge in [0.2, 0.25) is 0 Å². The molecule has 8 aromatic rings. The Balaban J connectivity index is 0.00000561. The predicted octanol–water partition coefficient (Wildman–Crippen LogP) is 14.8. The van der Waals surface area contributed by atoms with Crippen molar-refractivity contribution in [1.29, 1.82) is 0 Å². The third-order valence-corrected chi connectivity index (χ3v) is 11.7. The molecule has 6 aromatic carbocycles. The van der Waals surface area contributed by atoms with Crippen molar-refractivity contribution in [2.45, 2.75) is 92.4 Å². The molecule has 0 bridgehead atoms. The summed E-state index contributed by atoms with van der Waals surface area (Å²) in [6, 6.07) is 49.2. The SMILES string of the molecule is Cc1cc(C)c(O)c(-c2nc3c(-c4[c-]c(-c5cc(-c6ccc(C(C)(C)C)cc6)ccn5)cc(C(C)(C)C)c4)cccc3n2-c2ccc(-c3ccccc3)c(C(C)(C)C)c2)c1.[Pt]. The maximum Gasteiger partial charge on any atom is 0.148 e. The second-order valence-electron chi connectivity index (χ2n) is 19.5. The molecule has 0 aliphatic heterocycles. The zero-order valence-corrected chi connectivity index (χ0v) is 39.6. The van der Waals surface area contributed by atoms with E-state index in [2.05, 4.69) is 195 Å². The Bertz CT molecular complexity index is 2880. The minimum atomic E-state index is -0.148. The first-order valence-corrected chi connectivity index (χ1v) is 21.0. The van der Waals surface area contributed by atoms with Crippen molar-refractivity contribution >= 4 is 11.0 Å². The summed E-state index contributed by atoms with van der Waals surface area (Å²) < 4.78 is 2.22. The molecule has 0 fully saturated rings. The van der Waals surface area contributed by atoms with Crippen LogP contribution in [0.25, 0.3) is 72.7 Å². The average Bonchev–Trinajstić information content (AvgIpc) is 3.61. The summed E-state index contributed by atoms with van der Waals surface area (Å²) in [6.07, 6.45) is 1.90. The van der Waals surface area contributed by atoms with Crippen LogP contribution in [-0.2, 0) is 37.3 Å². The molecule has 0 radical (unpaired) electrons. The van der Waals surface area contributed by atoms with Crippen LogP contribution in [0.3, 0.4) is 0 Å². The van der Waals surface area contributed by atoms with Crippen molar-refractivity contribution < 1.29 is 26.2 Å².